The molecule has 0 fully saturated rings. The summed E-state index contributed by atoms with van der Waals surface area (Å²) in [5.41, 5.74) is 6.65. The van der Waals surface area contributed by atoms with Crippen LogP contribution in [0.25, 0.3) is 0 Å². The topological polar surface area (TPSA) is 81.2 Å². The maximum absolute atomic E-state index is 7.41. The number of nitrogens with one attached hydrogen (secondary N) is 1. The first-order chi connectivity index (χ1) is 8.34. The number of nitrogens with zero attached hydrogens (tertiary/aromatic N) is 1. The molecule has 0 aliphatic heterocycles. The smallest absolute Gasteiger partial charge is 0.214 e. The van der Waals surface area contributed by atoms with Crippen LogP contribution in [0.5, 0.6) is 5.88 Å². The number of pyridine rings is 1. The van der Waals surface area contributed by atoms with Crippen LogP contribution in [0, 0.1) is 12.3 Å². The quantitative estimate of drug-likeness (QED) is 0.597. The summed E-state index contributed by atoms with van der Waals surface area (Å²) in [6.45, 7) is 6.36. The van der Waals surface area contributed by atoms with Crippen LogP contribution in [0.4, 0.5) is 0 Å². The zero-order chi connectivity index (χ0) is 13.8. The molecule has 0 atom stereocenters. The minimum Gasteiger partial charge on any atom is -0.478 e. The molecule has 5 nitrogen and oxygen atoms in total. The highest BCUT2D eigenvalue weighted by Gasteiger charge is 2.16. The molecular formula is C13H21N3O2. The van der Waals surface area contributed by atoms with E-state index in [0.717, 1.165) is 12.1 Å². The Morgan fingerprint density at radius 2 is 2.11 bits per heavy atom. The normalized spacial score (nSPS) is 11.3. The fourth-order valence-corrected chi connectivity index (χ4v) is 1.37. The minimum absolute atomic E-state index is 0.0163. The molecule has 0 amide bonds. The van der Waals surface area contributed by atoms with Crippen molar-refractivity contribution in [2.45, 2.75) is 32.8 Å². The number of hydrogen-bond donors (Lipinski definition) is 2. The second kappa shape index (κ2) is 5.82. The van der Waals surface area contributed by atoms with Gasteiger partial charge < -0.3 is 15.2 Å². The van der Waals surface area contributed by atoms with Crippen LogP contribution in [0.3, 0.4) is 0 Å². The Bertz CT molecular complexity index is 430. The van der Waals surface area contributed by atoms with E-state index in [4.69, 9.17) is 20.6 Å². The number of hydrogen-bond acceptors (Lipinski definition) is 4. The fraction of sp³-hybridized carbons (Fsp3) is 0.538. The summed E-state index contributed by atoms with van der Waals surface area (Å²) in [5.74, 6) is 0.509. The Labute approximate surface area is 108 Å². The lowest BCUT2D eigenvalue weighted by atomic mass is 10.1. The van der Waals surface area contributed by atoms with E-state index in [1.165, 1.54) is 0 Å². The summed E-state index contributed by atoms with van der Waals surface area (Å²) in [6.07, 6.45) is 0.758. The molecule has 0 aliphatic rings. The van der Waals surface area contributed by atoms with Gasteiger partial charge in [-0.25, -0.2) is 4.98 Å². The van der Waals surface area contributed by atoms with Gasteiger partial charge in [0.2, 0.25) is 5.88 Å². The minimum atomic E-state index is -0.215. The van der Waals surface area contributed by atoms with Crippen LogP contribution < -0.4 is 10.5 Å². The molecule has 1 aromatic heterocycles. The highest BCUT2D eigenvalue weighted by Crippen LogP contribution is 2.16. The lowest BCUT2D eigenvalue weighted by Crippen LogP contribution is -2.25. The highest BCUT2D eigenvalue weighted by molar-refractivity contribution is 5.95. The van der Waals surface area contributed by atoms with E-state index >= 15 is 0 Å². The molecule has 0 spiro atoms. The summed E-state index contributed by atoms with van der Waals surface area (Å²) in [4.78, 5) is 4.25. The van der Waals surface area contributed by atoms with E-state index in [1.54, 1.807) is 19.2 Å². The second-order valence-electron chi connectivity index (χ2n) is 4.81. The lowest BCUT2D eigenvalue weighted by Gasteiger charge is -2.22. The van der Waals surface area contributed by atoms with Crippen molar-refractivity contribution >= 4 is 5.84 Å². The number of aryl methyl sites for hydroxylation is 1. The molecule has 0 aliphatic carbocycles. The average molecular weight is 251 g/mol. The third-order valence-corrected chi connectivity index (χ3v) is 2.75. The van der Waals surface area contributed by atoms with Crippen LogP contribution in [-0.4, -0.2) is 30.1 Å². The summed E-state index contributed by atoms with van der Waals surface area (Å²) in [7, 11) is 1.68. The number of methoxy groups -OCH3 is 1. The molecule has 0 unspecified atom stereocenters. The van der Waals surface area contributed by atoms with Gasteiger partial charge in [0.25, 0.3) is 0 Å². The number of nitrogen functional groups attached to an aromatic ring is 1. The van der Waals surface area contributed by atoms with E-state index < -0.39 is 0 Å². The van der Waals surface area contributed by atoms with Crippen molar-refractivity contribution in [2.24, 2.45) is 5.73 Å². The summed E-state index contributed by atoms with van der Waals surface area (Å²) >= 11 is 0. The highest BCUT2D eigenvalue weighted by atomic mass is 16.5. The van der Waals surface area contributed by atoms with E-state index in [1.807, 2.05) is 20.8 Å². The largest absolute Gasteiger partial charge is 0.478 e. The molecule has 1 aromatic rings. The van der Waals surface area contributed by atoms with Gasteiger partial charge >= 0.3 is 0 Å². The van der Waals surface area contributed by atoms with Gasteiger partial charge in [0.15, 0.2) is 0 Å². The predicted molar refractivity (Wildman–Crippen MR) is 71.2 cm³/mol. The van der Waals surface area contributed by atoms with Crippen molar-refractivity contribution in [2.75, 3.05) is 13.7 Å². The monoisotopic (exact) mass is 251 g/mol. The van der Waals surface area contributed by atoms with E-state index in [9.17, 15) is 0 Å². The molecular weight excluding hydrogens is 230 g/mol. The second-order valence-corrected chi connectivity index (χ2v) is 4.81. The maximum atomic E-state index is 7.41. The van der Waals surface area contributed by atoms with Crippen LogP contribution in [0.1, 0.15) is 31.5 Å². The van der Waals surface area contributed by atoms with E-state index in [2.05, 4.69) is 4.98 Å². The number of amidine groups is 1. The molecule has 18 heavy (non-hydrogen) atoms. The van der Waals surface area contributed by atoms with Gasteiger partial charge in [-0.15, -0.1) is 0 Å². The number of aromatic nitrogens is 1. The standard InChI is InChI=1S/C13H21N3O2/c1-9-7-10(12(14)15)8-11(16-9)18-6-5-13(2,3)17-4/h7-8H,5-6H2,1-4H3,(H3,14,15). The van der Waals surface area contributed by atoms with Crippen molar-refractivity contribution in [3.8, 4) is 5.88 Å². The Kier molecular flexibility index (Phi) is 4.67. The Morgan fingerprint density at radius 1 is 1.44 bits per heavy atom. The molecule has 1 rings (SSSR count). The van der Waals surface area contributed by atoms with Gasteiger partial charge in [-0.3, -0.25) is 5.41 Å². The Hall–Kier alpha value is -1.62. The zero-order valence-corrected chi connectivity index (χ0v) is 11.4. The van der Waals surface area contributed by atoms with Gasteiger partial charge in [-0.2, -0.15) is 0 Å². The van der Waals surface area contributed by atoms with Crippen LogP contribution in [0.15, 0.2) is 12.1 Å². The van der Waals surface area contributed by atoms with E-state index in [0.29, 0.717) is 18.1 Å². The molecule has 5 heteroatoms. The number of rotatable bonds is 6. The Morgan fingerprint density at radius 3 is 2.67 bits per heavy atom. The van der Waals surface area contributed by atoms with Gasteiger partial charge in [-0.1, -0.05) is 0 Å². The van der Waals surface area contributed by atoms with Crippen LogP contribution in [-0.2, 0) is 4.74 Å². The average Bonchev–Trinajstić information content (AvgIpc) is 2.28. The van der Waals surface area contributed by atoms with Gasteiger partial charge in [0, 0.05) is 30.9 Å². The van der Waals surface area contributed by atoms with Crippen LogP contribution in [0.2, 0.25) is 0 Å². The van der Waals surface area contributed by atoms with E-state index in [-0.39, 0.29) is 11.4 Å². The van der Waals surface area contributed by atoms with Crippen molar-refractivity contribution < 1.29 is 9.47 Å². The summed E-state index contributed by atoms with van der Waals surface area (Å²) in [5, 5.41) is 7.41. The third-order valence-electron chi connectivity index (χ3n) is 2.75. The van der Waals surface area contributed by atoms with Gasteiger partial charge in [-0.05, 0) is 26.8 Å². The van der Waals surface area contributed by atoms with Crippen molar-refractivity contribution in [1.29, 1.82) is 5.41 Å². The summed E-state index contributed by atoms with van der Waals surface area (Å²) < 4.78 is 10.9. The molecule has 0 aromatic carbocycles. The predicted octanol–water partition coefficient (Wildman–Crippen LogP) is 1.87. The van der Waals surface area contributed by atoms with Gasteiger partial charge in [0.05, 0.1) is 12.2 Å². The SMILES string of the molecule is COC(C)(C)CCOc1cc(C(=N)N)cc(C)n1. The summed E-state index contributed by atoms with van der Waals surface area (Å²) in [6, 6.07) is 3.43. The lowest BCUT2D eigenvalue weighted by molar-refractivity contribution is 0.00508. The molecule has 0 saturated heterocycles. The first kappa shape index (κ1) is 14.4. The van der Waals surface area contributed by atoms with Crippen molar-refractivity contribution in [1.82, 2.24) is 4.98 Å². The first-order valence-electron chi connectivity index (χ1n) is 5.85. The molecule has 3 N–H and O–H groups in total. The third kappa shape index (κ3) is 4.33. The molecule has 100 valence electrons. The fourth-order valence-electron chi connectivity index (χ4n) is 1.37. The number of ether oxygens (including phenoxy) is 2. The molecule has 0 radical (unpaired) electrons. The van der Waals surface area contributed by atoms with Crippen LogP contribution >= 0.6 is 0 Å². The van der Waals surface area contributed by atoms with Crippen molar-refractivity contribution in [3.63, 3.8) is 0 Å². The Balaban J connectivity index is 2.65. The molecule has 0 bridgehead atoms. The van der Waals surface area contributed by atoms with Crippen molar-refractivity contribution in [3.05, 3.63) is 23.4 Å². The first-order valence-corrected chi connectivity index (χ1v) is 5.85. The maximum Gasteiger partial charge on any atom is 0.214 e. The number of nitrogens with two attached hydrogens (primary N) is 1. The molecule has 0 saturated carbocycles. The molecule has 1 heterocycles. The van der Waals surface area contributed by atoms with Gasteiger partial charge in [0.1, 0.15) is 5.84 Å². The zero-order valence-electron chi connectivity index (χ0n) is 11.4.